The summed E-state index contributed by atoms with van der Waals surface area (Å²) in [6, 6.07) is 5.85. The number of aryl methyl sites for hydroxylation is 1. The summed E-state index contributed by atoms with van der Waals surface area (Å²) in [4.78, 5) is 9.31. The third-order valence-electron chi connectivity index (χ3n) is 4.95. The first-order valence-electron chi connectivity index (χ1n) is 10.0. The summed E-state index contributed by atoms with van der Waals surface area (Å²) in [5.74, 6) is -5.62. The second-order valence-electron chi connectivity index (χ2n) is 7.60. The Morgan fingerprint density at radius 2 is 1.41 bits per heavy atom. The van der Waals surface area contributed by atoms with Gasteiger partial charge in [-0.25, -0.2) is 12.8 Å². The Labute approximate surface area is 204 Å². The van der Waals surface area contributed by atoms with Gasteiger partial charge in [-0.2, -0.15) is 26.3 Å². The Morgan fingerprint density at radius 1 is 0.865 bits per heavy atom. The predicted octanol–water partition coefficient (Wildman–Crippen LogP) is 6.21. The van der Waals surface area contributed by atoms with Crippen molar-refractivity contribution in [3.05, 3.63) is 77.1 Å². The van der Waals surface area contributed by atoms with Crippen molar-refractivity contribution in [2.24, 2.45) is 0 Å². The second-order valence-corrected chi connectivity index (χ2v) is 9.52. The zero-order chi connectivity index (χ0) is 27.8. The van der Waals surface area contributed by atoms with Crippen LogP contribution in [0.15, 0.2) is 64.4 Å². The molecule has 198 valence electrons. The van der Waals surface area contributed by atoms with Gasteiger partial charge < -0.3 is 14.9 Å². The first kappa shape index (κ1) is 27.8. The minimum absolute atomic E-state index is 0.310. The average Bonchev–Trinajstić information content (AvgIpc) is 2.78. The van der Waals surface area contributed by atoms with Crippen LogP contribution in [0.1, 0.15) is 23.1 Å². The molecule has 0 aliphatic carbocycles. The number of benzene rings is 3. The van der Waals surface area contributed by atoms with Crippen LogP contribution in [-0.2, 0) is 33.4 Å². The van der Waals surface area contributed by atoms with Crippen molar-refractivity contribution in [2.75, 3.05) is 0 Å². The van der Waals surface area contributed by atoms with Gasteiger partial charge in [-0.1, -0.05) is 0 Å². The lowest BCUT2D eigenvalue weighted by Crippen LogP contribution is -2.15. The summed E-state index contributed by atoms with van der Waals surface area (Å²) in [5.41, 5.74) is -4.32. The Morgan fingerprint density at radius 3 is 1.89 bits per heavy atom. The average molecular weight is 552 g/mol. The molecule has 0 aliphatic rings. The lowest BCUT2D eigenvalue weighted by atomic mass is 9.99. The van der Waals surface area contributed by atoms with Gasteiger partial charge in [0.1, 0.15) is 22.2 Å². The number of hydrogen-bond donors (Lipinski definition) is 2. The highest BCUT2D eigenvalue weighted by molar-refractivity contribution is 7.91. The molecule has 0 saturated heterocycles. The molecule has 6 nitrogen and oxygen atoms in total. The third-order valence-corrected chi connectivity index (χ3v) is 6.75. The zero-order valence-corrected chi connectivity index (χ0v) is 19.0. The van der Waals surface area contributed by atoms with E-state index in [1.165, 1.54) is 0 Å². The van der Waals surface area contributed by atoms with Crippen molar-refractivity contribution in [1.29, 1.82) is 0 Å². The number of hydrogen-bond acceptors (Lipinski definition) is 5. The smallest absolute Gasteiger partial charge is 0.420 e. The topological polar surface area (TPSA) is 101 Å². The molecule has 0 aliphatic heterocycles. The number of phenolic OH excluding ortho intramolecular Hbond substituents is 1. The fourth-order valence-corrected chi connectivity index (χ4v) is 4.61. The molecule has 37 heavy (non-hydrogen) atoms. The maximum absolute atomic E-state index is 13.8. The summed E-state index contributed by atoms with van der Waals surface area (Å²) in [6.07, 6.45) is -12.1. The predicted molar refractivity (Wildman–Crippen MR) is 112 cm³/mol. The number of phenols is 1. The summed E-state index contributed by atoms with van der Waals surface area (Å²) < 4.78 is 126. The van der Waals surface area contributed by atoms with Crippen LogP contribution in [0.25, 0.3) is 0 Å². The Bertz CT molecular complexity index is 1390. The second kappa shape index (κ2) is 9.92. The van der Waals surface area contributed by atoms with Crippen LogP contribution >= 0.6 is 0 Å². The molecule has 0 aromatic heterocycles. The number of aliphatic carboxylic acids is 1. The van der Waals surface area contributed by atoms with E-state index in [-0.39, 0.29) is 0 Å². The fraction of sp³-hybridized carbons (Fsp3) is 0.174. The molecule has 3 rings (SSSR count). The van der Waals surface area contributed by atoms with Crippen molar-refractivity contribution >= 4 is 15.8 Å². The van der Waals surface area contributed by atoms with Crippen LogP contribution in [-0.4, -0.2) is 24.6 Å². The van der Waals surface area contributed by atoms with Crippen LogP contribution in [0.2, 0.25) is 0 Å². The van der Waals surface area contributed by atoms with E-state index in [4.69, 9.17) is 9.84 Å². The van der Waals surface area contributed by atoms with E-state index in [9.17, 15) is 49.1 Å². The quantitative estimate of drug-likeness (QED) is 0.267. The van der Waals surface area contributed by atoms with Crippen molar-refractivity contribution in [2.45, 2.75) is 35.0 Å². The number of aromatic hydroxyl groups is 1. The van der Waals surface area contributed by atoms with Gasteiger partial charge in [0, 0.05) is 12.5 Å². The molecule has 0 amide bonds. The minimum atomic E-state index is -5.38. The summed E-state index contributed by atoms with van der Waals surface area (Å²) in [6.45, 7) is 0. The van der Waals surface area contributed by atoms with E-state index >= 15 is 0 Å². The SMILES string of the molecule is O=C(O)CCc1cc(C(F)(F)F)c(Oc2ccc(O)c(S(=O)(=O)c3ccc(F)cc3)c2)c(C(F)(F)F)c1. The standard InChI is InChI=1S/C23H15F7O6S/c24-13-2-5-15(6-3-13)37(34,35)19-11-14(4-7-18(19)31)36-21-16(22(25,26)27)9-12(1-8-20(32)33)10-17(21)23(28,29)30/h2-7,9-11,31H,1,8H2,(H,32,33). The van der Waals surface area contributed by atoms with E-state index in [2.05, 4.69) is 0 Å². The van der Waals surface area contributed by atoms with Gasteiger partial charge in [0.15, 0.2) is 5.75 Å². The summed E-state index contributed by atoms with van der Waals surface area (Å²) in [5, 5.41) is 18.8. The Balaban J connectivity index is 2.17. The molecule has 0 unspecified atom stereocenters. The largest absolute Gasteiger partial charge is 0.507 e. The van der Waals surface area contributed by atoms with Crippen LogP contribution in [0.3, 0.4) is 0 Å². The molecule has 0 spiro atoms. The van der Waals surface area contributed by atoms with Crippen molar-refractivity contribution in [3.63, 3.8) is 0 Å². The molecular formula is C23H15F7O6S. The number of sulfone groups is 1. The molecule has 0 fully saturated rings. The van der Waals surface area contributed by atoms with Crippen LogP contribution in [0, 0.1) is 5.82 Å². The van der Waals surface area contributed by atoms with E-state index < -0.39 is 90.5 Å². The Kier molecular flexibility index (Phi) is 7.44. The number of carboxylic acids is 1. The lowest BCUT2D eigenvalue weighted by Gasteiger charge is -2.21. The number of rotatable bonds is 7. The molecule has 3 aromatic rings. The minimum Gasteiger partial charge on any atom is -0.507 e. The van der Waals surface area contributed by atoms with Gasteiger partial charge >= 0.3 is 18.3 Å². The van der Waals surface area contributed by atoms with Gasteiger partial charge in [-0.05, 0) is 60.5 Å². The van der Waals surface area contributed by atoms with Gasteiger partial charge in [-0.3, -0.25) is 4.79 Å². The van der Waals surface area contributed by atoms with Crippen LogP contribution in [0.5, 0.6) is 17.2 Å². The highest BCUT2D eigenvalue weighted by Gasteiger charge is 2.43. The molecule has 3 aromatic carbocycles. The van der Waals surface area contributed by atoms with E-state index in [0.717, 1.165) is 30.3 Å². The highest BCUT2D eigenvalue weighted by Crippen LogP contribution is 2.47. The van der Waals surface area contributed by atoms with Crippen molar-refractivity contribution < 1.29 is 58.9 Å². The van der Waals surface area contributed by atoms with Crippen molar-refractivity contribution in [3.8, 4) is 17.2 Å². The zero-order valence-electron chi connectivity index (χ0n) is 18.2. The van der Waals surface area contributed by atoms with Gasteiger partial charge in [0.05, 0.1) is 16.0 Å². The number of carboxylic acid groups (broad SMARTS) is 1. The molecular weight excluding hydrogens is 537 g/mol. The summed E-state index contributed by atoms with van der Waals surface area (Å²) in [7, 11) is -4.60. The van der Waals surface area contributed by atoms with E-state index in [0.29, 0.717) is 24.3 Å². The molecule has 0 heterocycles. The van der Waals surface area contributed by atoms with Crippen molar-refractivity contribution in [1.82, 2.24) is 0 Å². The lowest BCUT2D eigenvalue weighted by molar-refractivity contribution is -0.145. The number of halogens is 7. The van der Waals surface area contributed by atoms with Crippen LogP contribution < -0.4 is 4.74 Å². The molecule has 2 N–H and O–H groups in total. The molecule has 0 radical (unpaired) electrons. The van der Waals surface area contributed by atoms with Gasteiger partial charge in [0.2, 0.25) is 9.84 Å². The van der Waals surface area contributed by atoms with E-state index in [1.54, 1.807) is 0 Å². The van der Waals surface area contributed by atoms with Gasteiger partial charge in [0.25, 0.3) is 0 Å². The van der Waals surface area contributed by atoms with Gasteiger partial charge in [-0.15, -0.1) is 0 Å². The third kappa shape index (κ3) is 6.31. The molecule has 14 heteroatoms. The molecule has 0 saturated carbocycles. The Hall–Kier alpha value is -3.81. The first-order chi connectivity index (χ1) is 17.0. The number of ether oxygens (including phenoxy) is 1. The van der Waals surface area contributed by atoms with E-state index in [1.807, 2.05) is 0 Å². The first-order valence-corrected chi connectivity index (χ1v) is 11.5. The molecule has 0 bridgehead atoms. The highest BCUT2D eigenvalue weighted by atomic mass is 32.2. The normalized spacial score (nSPS) is 12.4. The maximum Gasteiger partial charge on any atom is 0.420 e. The number of carbonyl (C=O) groups is 1. The monoisotopic (exact) mass is 552 g/mol. The summed E-state index contributed by atoms with van der Waals surface area (Å²) >= 11 is 0. The fourth-order valence-electron chi connectivity index (χ4n) is 3.25. The maximum atomic E-state index is 13.8. The van der Waals surface area contributed by atoms with Crippen LogP contribution in [0.4, 0.5) is 30.7 Å². The number of alkyl halides is 6. The molecule has 0 atom stereocenters.